The lowest BCUT2D eigenvalue weighted by atomic mass is 10.2. The van der Waals surface area contributed by atoms with Gasteiger partial charge in [0, 0.05) is 19.5 Å². The summed E-state index contributed by atoms with van der Waals surface area (Å²) in [6.07, 6.45) is 0.823. The van der Waals surface area contributed by atoms with Gasteiger partial charge < -0.3 is 15.0 Å². The van der Waals surface area contributed by atoms with Crippen LogP contribution in [-0.2, 0) is 14.3 Å². The molecule has 1 heterocycles. The van der Waals surface area contributed by atoms with Gasteiger partial charge in [0.25, 0.3) is 5.91 Å². The number of carbonyl (C=O) groups is 3. The average Bonchev–Trinajstić information content (AvgIpc) is 3.02. The monoisotopic (exact) mass is 312 g/mol. The number of carbonyl (C=O) groups excluding carboxylic acids is 3. The number of methoxy groups -OCH3 is 1. The summed E-state index contributed by atoms with van der Waals surface area (Å²) >= 11 is 1.37. The van der Waals surface area contributed by atoms with Crippen LogP contribution >= 0.6 is 11.3 Å². The highest BCUT2D eigenvalue weighted by atomic mass is 32.1. The molecule has 0 bridgehead atoms. The van der Waals surface area contributed by atoms with Gasteiger partial charge in [-0.15, -0.1) is 11.3 Å². The highest BCUT2D eigenvalue weighted by Gasteiger charge is 2.15. The fraction of sp³-hybridized carbons (Fsp3) is 0.500. The molecule has 0 radical (unpaired) electrons. The van der Waals surface area contributed by atoms with Crippen LogP contribution in [0, 0.1) is 0 Å². The molecular formula is C14H20N2O4S. The second-order valence-corrected chi connectivity index (χ2v) is 5.27. The highest BCUT2D eigenvalue weighted by Crippen LogP contribution is 2.07. The predicted molar refractivity (Wildman–Crippen MR) is 80.2 cm³/mol. The SMILES string of the molecule is CCN(CC(=O)OC)C(=O)CCCNC(=O)c1cccs1. The average molecular weight is 312 g/mol. The third kappa shape index (κ3) is 5.95. The zero-order valence-electron chi connectivity index (χ0n) is 12.3. The van der Waals surface area contributed by atoms with Crippen LogP contribution in [0.1, 0.15) is 29.4 Å². The Morgan fingerprint density at radius 1 is 1.38 bits per heavy atom. The molecule has 0 aromatic carbocycles. The number of hydrogen-bond acceptors (Lipinski definition) is 5. The number of nitrogens with zero attached hydrogens (tertiary/aromatic N) is 1. The maximum absolute atomic E-state index is 11.9. The Morgan fingerprint density at radius 2 is 2.14 bits per heavy atom. The lowest BCUT2D eigenvalue weighted by Gasteiger charge is -2.19. The molecule has 0 aliphatic rings. The second-order valence-electron chi connectivity index (χ2n) is 4.32. The van der Waals surface area contributed by atoms with Crippen molar-refractivity contribution in [3.8, 4) is 0 Å². The Kier molecular flexibility index (Phi) is 7.45. The van der Waals surface area contributed by atoms with Gasteiger partial charge in [0.05, 0.1) is 12.0 Å². The van der Waals surface area contributed by atoms with E-state index in [4.69, 9.17) is 0 Å². The molecule has 0 unspecified atom stereocenters. The van der Waals surface area contributed by atoms with Gasteiger partial charge in [-0.1, -0.05) is 6.07 Å². The van der Waals surface area contributed by atoms with Crippen LogP contribution in [0.25, 0.3) is 0 Å². The topological polar surface area (TPSA) is 75.7 Å². The first-order valence-electron chi connectivity index (χ1n) is 6.74. The molecule has 1 aromatic rings. The van der Waals surface area contributed by atoms with E-state index < -0.39 is 5.97 Å². The molecule has 1 N–H and O–H groups in total. The van der Waals surface area contributed by atoms with E-state index in [1.165, 1.54) is 23.3 Å². The molecule has 0 saturated carbocycles. The smallest absolute Gasteiger partial charge is 0.325 e. The van der Waals surface area contributed by atoms with Crippen LogP contribution in [-0.4, -0.2) is 49.4 Å². The number of likely N-dealkylation sites (N-methyl/N-ethyl adjacent to an activating group) is 1. The van der Waals surface area contributed by atoms with Gasteiger partial charge in [0.15, 0.2) is 0 Å². The van der Waals surface area contributed by atoms with Crippen LogP contribution < -0.4 is 5.32 Å². The Bertz CT molecular complexity index is 473. The molecule has 0 saturated heterocycles. The molecular weight excluding hydrogens is 292 g/mol. The summed E-state index contributed by atoms with van der Waals surface area (Å²) < 4.78 is 4.54. The zero-order valence-corrected chi connectivity index (χ0v) is 13.1. The highest BCUT2D eigenvalue weighted by molar-refractivity contribution is 7.12. The number of thiophene rings is 1. The first kappa shape index (κ1) is 17.2. The van der Waals surface area contributed by atoms with Gasteiger partial charge in [0.1, 0.15) is 6.54 Å². The van der Waals surface area contributed by atoms with E-state index in [1.54, 1.807) is 13.0 Å². The van der Waals surface area contributed by atoms with Gasteiger partial charge in [-0.2, -0.15) is 0 Å². The van der Waals surface area contributed by atoms with E-state index >= 15 is 0 Å². The predicted octanol–water partition coefficient (Wildman–Crippen LogP) is 1.28. The first-order chi connectivity index (χ1) is 10.1. The van der Waals surface area contributed by atoms with Crippen LogP contribution in [0.15, 0.2) is 17.5 Å². The standard InChI is InChI=1S/C14H20N2O4S/c1-3-16(10-13(18)20-2)12(17)7-4-8-15-14(19)11-6-5-9-21-11/h5-6,9H,3-4,7-8,10H2,1-2H3,(H,15,19). The normalized spacial score (nSPS) is 10.0. The van der Waals surface area contributed by atoms with Gasteiger partial charge >= 0.3 is 5.97 Å². The fourth-order valence-electron chi connectivity index (χ4n) is 1.69. The van der Waals surface area contributed by atoms with E-state index in [0.29, 0.717) is 24.4 Å². The van der Waals surface area contributed by atoms with E-state index in [9.17, 15) is 14.4 Å². The van der Waals surface area contributed by atoms with E-state index in [1.807, 2.05) is 11.4 Å². The third-order valence-corrected chi connectivity index (χ3v) is 3.75. The second kappa shape index (κ2) is 9.12. The summed E-state index contributed by atoms with van der Waals surface area (Å²) in [6.45, 7) is 2.65. The maximum Gasteiger partial charge on any atom is 0.325 e. The molecule has 1 aromatic heterocycles. The summed E-state index contributed by atoms with van der Waals surface area (Å²) in [7, 11) is 1.29. The molecule has 7 heteroatoms. The van der Waals surface area contributed by atoms with Gasteiger partial charge in [-0.25, -0.2) is 0 Å². The fourth-order valence-corrected chi connectivity index (χ4v) is 2.33. The van der Waals surface area contributed by atoms with Gasteiger partial charge in [-0.05, 0) is 24.8 Å². The minimum absolute atomic E-state index is 0.0343. The number of rotatable bonds is 8. The first-order valence-corrected chi connectivity index (χ1v) is 7.62. The molecule has 21 heavy (non-hydrogen) atoms. The Morgan fingerprint density at radius 3 is 2.71 bits per heavy atom. The minimum atomic E-state index is -0.434. The Balaban J connectivity index is 2.26. The molecule has 0 atom stereocenters. The van der Waals surface area contributed by atoms with Crippen molar-refractivity contribution in [1.29, 1.82) is 0 Å². The largest absolute Gasteiger partial charge is 0.468 e. The number of esters is 1. The van der Waals surface area contributed by atoms with Crippen molar-refractivity contribution >= 4 is 29.1 Å². The molecule has 2 amide bonds. The summed E-state index contributed by atoms with van der Waals surface area (Å²) in [6, 6.07) is 3.56. The van der Waals surface area contributed by atoms with Crippen molar-refractivity contribution in [2.75, 3.05) is 26.7 Å². The van der Waals surface area contributed by atoms with E-state index in [0.717, 1.165) is 0 Å². The number of nitrogens with one attached hydrogen (secondary N) is 1. The number of hydrogen-bond donors (Lipinski definition) is 1. The summed E-state index contributed by atoms with van der Waals surface area (Å²) in [5, 5.41) is 4.60. The van der Waals surface area contributed by atoms with Crippen LogP contribution in [0.3, 0.4) is 0 Å². The van der Waals surface area contributed by atoms with Crippen molar-refractivity contribution in [3.05, 3.63) is 22.4 Å². The van der Waals surface area contributed by atoms with Crippen LogP contribution in [0.5, 0.6) is 0 Å². The molecule has 1 rings (SSSR count). The Labute approximate surface area is 128 Å². The quantitative estimate of drug-likeness (QED) is 0.579. The third-order valence-electron chi connectivity index (χ3n) is 2.88. The number of ether oxygens (including phenoxy) is 1. The lowest BCUT2D eigenvalue weighted by Crippen LogP contribution is -2.36. The summed E-state index contributed by atoms with van der Waals surface area (Å²) in [4.78, 5) is 36.8. The molecule has 0 aliphatic heterocycles. The minimum Gasteiger partial charge on any atom is -0.468 e. The molecule has 6 nitrogen and oxygen atoms in total. The van der Waals surface area contributed by atoms with E-state index in [-0.39, 0.29) is 24.8 Å². The number of amides is 2. The van der Waals surface area contributed by atoms with Crippen LogP contribution in [0.4, 0.5) is 0 Å². The van der Waals surface area contributed by atoms with Gasteiger partial charge in [-0.3, -0.25) is 14.4 Å². The summed E-state index contributed by atoms with van der Waals surface area (Å²) in [5.74, 6) is -0.677. The Hall–Kier alpha value is -1.89. The maximum atomic E-state index is 11.9. The van der Waals surface area contributed by atoms with Crippen molar-refractivity contribution in [3.63, 3.8) is 0 Å². The zero-order chi connectivity index (χ0) is 15.7. The van der Waals surface area contributed by atoms with Crippen molar-refractivity contribution in [2.24, 2.45) is 0 Å². The van der Waals surface area contributed by atoms with Gasteiger partial charge in [0.2, 0.25) is 5.91 Å². The van der Waals surface area contributed by atoms with Crippen LogP contribution in [0.2, 0.25) is 0 Å². The summed E-state index contributed by atoms with van der Waals surface area (Å²) in [5.41, 5.74) is 0. The molecule has 0 fully saturated rings. The van der Waals surface area contributed by atoms with Crippen molar-refractivity contribution in [1.82, 2.24) is 10.2 Å². The van der Waals surface area contributed by atoms with Crippen molar-refractivity contribution in [2.45, 2.75) is 19.8 Å². The van der Waals surface area contributed by atoms with Crippen molar-refractivity contribution < 1.29 is 19.1 Å². The molecule has 0 aliphatic carbocycles. The lowest BCUT2D eigenvalue weighted by molar-refractivity contribution is -0.146. The molecule has 116 valence electrons. The van der Waals surface area contributed by atoms with E-state index in [2.05, 4.69) is 10.1 Å². The molecule has 0 spiro atoms.